The van der Waals surface area contributed by atoms with Crippen molar-refractivity contribution >= 4 is 45.3 Å². The quantitative estimate of drug-likeness (QED) is 0.396. The van der Waals surface area contributed by atoms with E-state index >= 15 is 0 Å². The van der Waals surface area contributed by atoms with Crippen molar-refractivity contribution in [3.05, 3.63) is 58.6 Å². The zero-order chi connectivity index (χ0) is 25.4. The zero-order valence-corrected chi connectivity index (χ0v) is 21.0. The van der Waals surface area contributed by atoms with Crippen molar-refractivity contribution < 1.29 is 27.5 Å². The first-order valence-corrected chi connectivity index (χ1v) is 13.0. The minimum absolute atomic E-state index is 0.0621. The molecule has 0 spiro atoms. The first kappa shape index (κ1) is 26.5. The van der Waals surface area contributed by atoms with Gasteiger partial charge in [-0.05, 0) is 60.5 Å². The summed E-state index contributed by atoms with van der Waals surface area (Å²) in [5.74, 6) is -0.184. The summed E-state index contributed by atoms with van der Waals surface area (Å²) in [5.41, 5.74) is 3.98. The standard InChI is InChI=1S/C23H27ClN4O6S/c1-17-13-19(24)5-8-21(17)28(35(2,31)32)15-22(29)26-25-14-18-3-6-20(7-4-18)34-16-23(30)27-9-11-33-12-10-27/h3-8,13-14H,9-12,15-16H2,1-2H3,(H,26,29)/b25-14-. The Hall–Kier alpha value is -3.15. The van der Waals surface area contributed by atoms with E-state index in [0.29, 0.717) is 53.9 Å². The van der Waals surface area contributed by atoms with Crippen LogP contribution in [-0.4, -0.2) is 77.1 Å². The maximum atomic E-state index is 12.4. The molecule has 1 heterocycles. The van der Waals surface area contributed by atoms with Crippen LogP contribution in [0.1, 0.15) is 11.1 Å². The third-order valence-electron chi connectivity index (χ3n) is 5.12. The average molecular weight is 523 g/mol. The van der Waals surface area contributed by atoms with Crippen LogP contribution in [0.25, 0.3) is 0 Å². The molecule has 0 saturated carbocycles. The summed E-state index contributed by atoms with van der Waals surface area (Å²) in [6, 6.07) is 11.5. The van der Waals surface area contributed by atoms with Crippen molar-refractivity contribution in [2.24, 2.45) is 5.10 Å². The number of nitrogens with one attached hydrogen (secondary N) is 1. The predicted molar refractivity (Wildman–Crippen MR) is 133 cm³/mol. The second kappa shape index (κ2) is 12.0. The first-order valence-electron chi connectivity index (χ1n) is 10.8. The predicted octanol–water partition coefficient (Wildman–Crippen LogP) is 1.80. The summed E-state index contributed by atoms with van der Waals surface area (Å²) in [6.07, 6.45) is 2.44. The molecule has 0 aromatic heterocycles. The van der Waals surface area contributed by atoms with Gasteiger partial charge >= 0.3 is 0 Å². The molecule has 1 N–H and O–H groups in total. The van der Waals surface area contributed by atoms with Gasteiger partial charge in [-0.1, -0.05) is 11.6 Å². The van der Waals surface area contributed by atoms with E-state index in [0.717, 1.165) is 10.6 Å². The third-order valence-corrected chi connectivity index (χ3v) is 6.49. The Morgan fingerprint density at radius 1 is 1.20 bits per heavy atom. The minimum atomic E-state index is -3.72. The maximum absolute atomic E-state index is 12.4. The molecule has 2 aromatic carbocycles. The van der Waals surface area contributed by atoms with Crippen LogP contribution in [0, 0.1) is 6.92 Å². The van der Waals surface area contributed by atoms with Gasteiger partial charge in [0.15, 0.2) is 6.61 Å². The number of morpholine rings is 1. The molecule has 0 radical (unpaired) electrons. The SMILES string of the molecule is Cc1cc(Cl)ccc1N(CC(=O)N/N=C\c1ccc(OCC(=O)N2CCOCC2)cc1)S(C)(=O)=O. The number of benzene rings is 2. The molecule has 12 heteroatoms. The van der Waals surface area contributed by atoms with Crippen LogP contribution in [-0.2, 0) is 24.3 Å². The molecule has 0 bridgehead atoms. The van der Waals surface area contributed by atoms with Crippen LogP contribution in [0.5, 0.6) is 5.75 Å². The van der Waals surface area contributed by atoms with Crippen molar-refractivity contribution in [2.45, 2.75) is 6.92 Å². The fourth-order valence-corrected chi connectivity index (χ4v) is 4.46. The van der Waals surface area contributed by atoms with Crippen molar-refractivity contribution in [3.8, 4) is 5.75 Å². The van der Waals surface area contributed by atoms with E-state index in [1.165, 1.54) is 6.21 Å². The molecular weight excluding hydrogens is 496 g/mol. The number of amides is 2. The smallest absolute Gasteiger partial charge is 0.260 e. The van der Waals surface area contributed by atoms with Gasteiger partial charge in [0, 0.05) is 18.1 Å². The highest BCUT2D eigenvalue weighted by Crippen LogP contribution is 2.25. The van der Waals surface area contributed by atoms with Gasteiger partial charge in [-0.25, -0.2) is 13.8 Å². The fourth-order valence-electron chi connectivity index (χ4n) is 3.32. The number of hydrogen-bond acceptors (Lipinski definition) is 7. The Morgan fingerprint density at radius 2 is 1.89 bits per heavy atom. The lowest BCUT2D eigenvalue weighted by Gasteiger charge is -2.26. The van der Waals surface area contributed by atoms with Crippen LogP contribution in [0.2, 0.25) is 5.02 Å². The van der Waals surface area contributed by atoms with E-state index in [9.17, 15) is 18.0 Å². The average Bonchev–Trinajstić information content (AvgIpc) is 2.82. The van der Waals surface area contributed by atoms with E-state index in [4.69, 9.17) is 21.1 Å². The summed E-state index contributed by atoms with van der Waals surface area (Å²) in [5, 5.41) is 4.36. The molecule has 2 aromatic rings. The summed E-state index contributed by atoms with van der Waals surface area (Å²) >= 11 is 5.95. The normalized spacial score (nSPS) is 14.1. The van der Waals surface area contributed by atoms with Crippen molar-refractivity contribution in [1.82, 2.24) is 10.3 Å². The number of hydrazone groups is 1. The Balaban J connectivity index is 1.52. The third kappa shape index (κ3) is 7.94. The lowest BCUT2D eigenvalue weighted by molar-refractivity contribution is -0.137. The van der Waals surface area contributed by atoms with E-state index in [2.05, 4.69) is 10.5 Å². The van der Waals surface area contributed by atoms with E-state index < -0.39 is 22.5 Å². The van der Waals surface area contributed by atoms with E-state index in [1.807, 2.05) is 0 Å². The minimum Gasteiger partial charge on any atom is -0.484 e. The van der Waals surface area contributed by atoms with Gasteiger partial charge in [0.25, 0.3) is 11.8 Å². The number of anilines is 1. The molecule has 3 rings (SSSR count). The maximum Gasteiger partial charge on any atom is 0.260 e. The molecule has 1 aliphatic rings. The van der Waals surface area contributed by atoms with Crippen LogP contribution >= 0.6 is 11.6 Å². The summed E-state index contributed by atoms with van der Waals surface area (Å²) in [6.45, 7) is 3.39. The second-order valence-electron chi connectivity index (χ2n) is 7.84. The van der Waals surface area contributed by atoms with Crippen LogP contribution < -0.4 is 14.5 Å². The molecule has 10 nitrogen and oxygen atoms in total. The highest BCUT2D eigenvalue weighted by molar-refractivity contribution is 7.92. The molecule has 0 aliphatic carbocycles. The topological polar surface area (TPSA) is 118 Å². The monoisotopic (exact) mass is 522 g/mol. The molecular formula is C23H27ClN4O6S. The molecule has 0 unspecified atom stereocenters. The Morgan fingerprint density at radius 3 is 2.51 bits per heavy atom. The van der Waals surface area contributed by atoms with Gasteiger partial charge in [0.05, 0.1) is 31.4 Å². The van der Waals surface area contributed by atoms with Crippen LogP contribution in [0.15, 0.2) is 47.6 Å². The molecule has 2 amide bonds. The Bertz CT molecular complexity index is 1180. The summed E-state index contributed by atoms with van der Waals surface area (Å²) < 4.78 is 36.3. The van der Waals surface area contributed by atoms with Crippen molar-refractivity contribution in [1.29, 1.82) is 0 Å². The number of aryl methyl sites for hydroxylation is 1. The van der Waals surface area contributed by atoms with Gasteiger partial charge in [0.1, 0.15) is 12.3 Å². The van der Waals surface area contributed by atoms with Crippen LogP contribution in [0.4, 0.5) is 5.69 Å². The highest BCUT2D eigenvalue weighted by atomic mass is 35.5. The molecule has 188 valence electrons. The number of nitrogens with zero attached hydrogens (tertiary/aromatic N) is 3. The first-order chi connectivity index (χ1) is 16.6. The van der Waals surface area contributed by atoms with Crippen LogP contribution in [0.3, 0.4) is 0 Å². The molecule has 1 aliphatic heterocycles. The number of sulfonamides is 1. The fraction of sp³-hybridized carbons (Fsp3) is 0.348. The zero-order valence-electron chi connectivity index (χ0n) is 19.4. The number of carbonyl (C=O) groups is 2. The molecule has 35 heavy (non-hydrogen) atoms. The van der Waals surface area contributed by atoms with Crippen molar-refractivity contribution in [2.75, 3.05) is 50.0 Å². The Labute approximate surface area is 209 Å². The number of carbonyl (C=O) groups excluding carboxylic acids is 2. The van der Waals surface area contributed by atoms with Gasteiger partial charge in [-0.15, -0.1) is 0 Å². The van der Waals surface area contributed by atoms with Gasteiger partial charge in [-0.3, -0.25) is 13.9 Å². The Kier molecular flexibility index (Phi) is 9.07. The molecule has 1 saturated heterocycles. The lowest BCUT2D eigenvalue weighted by Crippen LogP contribution is -2.42. The lowest BCUT2D eigenvalue weighted by atomic mass is 10.2. The van der Waals surface area contributed by atoms with E-state index in [1.54, 1.807) is 54.3 Å². The number of ether oxygens (including phenoxy) is 2. The number of hydrogen-bond donors (Lipinski definition) is 1. The van der Waals surface area contributed by atoms with E-state index in [-0.39, 0.29) is 12.5 Å². The highest BCUT2D eigenvalue weighted by Gasteiger charge is 2.22. The van der Waals surface area contributed by atoms with Gasteiger partial charge < -0.3 is 14.4 Å². The summed E-state index contributed by atoms with van der Waals surface area (Å²) in [4.78, 5) is 26.2. The molecule has 0 atom stereocenters. The van der Waals surface area contributed by atoms with Crippen molar-refractivity contribution in [3.63, 3.8) is 0 Å². The number of rotatable bonds is 9. The van der Waals surface area contributed by atoms with Gasteiger partial charge in [0.2, 0.25) is 10.0 Å². The number of halogens is 1. The summed E-state index contributed by atoms with van der Waals surface area (Å²) in [7, 11) is -3.72. The van der Waals surface area contributed by atoms with Gasteiger partial charge in [-0.2, -0.15) is 5.10 Å². The second-order valence-corrected chi connectivity index (χ2v) is 10.2. The largest absolute Gasteiger partial charge is 0.484 e. The molecule has 1 fully saturated rings.